The quantitative estimate of drug-likeness (QED) is 0.222. The van der Waals surface area contributed by atoms with Crippen LogP contribution < -0.4 is 11.3 Å². The van der Waals surface area contributed by atoms with Crippen LogP contribution in [0.2, 0.25) is 0 Å². The first kappa shape index (κ1) is 7.49. The van der Waals surface area contributed by atoms with Gasteiger partial charge in [0, 0.05) is 6.20 Å². The van der Waals surface area contributed by atoms with E-state index in [1.54, 1.807) is 6.20 Å². The molecule has 0 spiro atoms. The Hall–Kier alpha value is -2.16. The van der Waals surface area contributed by atoms with Crippen molar-refractivity contribution in [3.8, 4) is 0 Å². The van der Waals surface area contributed by atoms with Crippen LogP contribution in [0.3, 0.4) is 0 Å². The molecule has 2 rings (SSSR count). The molecule has 0 aromatic rings. The predicted molar refractivity (Wildman–Crippen MR) is 41.0 cm³/mol. The largest absolute Gasteiger partial charge is 0.339 e. The molecule has 0 saturated heterocycles. The van der Waals surface area contributed by atoms with Crippen molar-refractivity contribution in [1.82, 2.24) is 20.0 Å². The van der Waals surface area contributed by atoms with Crippen LogP contribution >= 0.6 is 0 Å². The van der Waals surface area contributed by atoms with Gasteiger partial charge in [0.25, 0.3) is 0 Å². The van der Waals surface area contributed by atoms with Crippen LogP contribution in [0.25, 0.3) is 0 Å². The third kappa shape index (κ3) is 0.980. The highest BCUT2D eigenvalue weighted by atomic mass is 16.6. The minimum absolute atomic E-state index is 0.425. The van der Waals surface area contributed by atoms with Gasteiger partial charge in [-0.2, -0.15) is 20.5 Å². The number of aromatic nitrogens is 4. The number of hydrogen-bond donors (Lipinski definition) is 6. The Labute approximate surface area is 70.6 Å². The molecule has 0 fully saturated rings. The van der Waals surface area contributed by atoms with Crippen LogP contribution in [0.5, 0.6) is 0 Å². The molecule has 0 aromatic heterocycles. The fraction of sp³-hybridized carbons (Fsp3) is 0. The van der Waals surface area contributed by atoms with E-state index in [1.165, 1.54) is 4.68 Å². The highest BCUT2D eigenvalue weighted by molar-refractivity contribution is 5.29. The highest BCUT2D eigenvalue weighted by Gasteiger charge is 2.01. The smallest absolute Gasteiger partial charge is 0.211 e. The van der Waals surface area contributed by atoms with Crippen molar-refractivity contribution < 1.29 is 4.63 Å². The van der Waals surface area contributed by atoms with Crippen LogP contribution in [0.4, 0.5) is 5.82 Å². The first-order valence-corrected chi connectivity index (χ1v) is 3.40. The zero-order valence-electron chi connectivity index (χ0n) is 6.46. The lowest BCUT2D eigenvalue weighted by Crippen LogP contribution is -2.13. The van der Waals surface area contributed by atoms with E-state index < -0.39 is 0 Å². The minimum atomic E-state index is 0.425. The molecule has 0 amide bonds. The molecule has 0 atom stereocenters. The lowest BCUT2D eigenvalue weighted by molar-refractivity contribution is 0.295. The van der Waals surface area contributed by atoms with Crippen LogP contribution in [-0.2, 0) is 0 Å². The number of rotatable bonds is 2. The van der Waals surface area contributed by atoms with Crippen molar-refractivity contribution in [2.75, 3.05) is 5.43 Å². The number of hydrogen-bond acceptors (Lipinski definition) is 5. The van der Waals surface area contributed by atoms with E-state index in [1.807, 2.05) is 0 Å². The van der Waals surface area contributed by atoms with E-state index in [9.17, 15) is 0 Å². The second kappa shape index (κ2) is 2.71. The lowest BCUT2D eigenvalue weighted by Gasteiger charge is -2.03. The number of nitrogens with two attached hydrogens (primary N) is 1. The summed E-state index contributed by atoms with van der Waals surface area (Å²) in [7, 11) is 0. The summed E-state index contributed by atoms with van der Waals surface area (Å²) in [6.45, 7) is 0. The van der Waals surface area contributed by atoms with Gasteiger partial charge in [-0.25, -0.2) is 5.84 Å². The maximum absolute atomic E-state index is 6.91. The molecule has 7 N–H and O–H groups in total. The number of aromatic amines is 3. The molecule has 0 aromatic carbocycles. The molecule has 0 aliphatic carbocycles. The van der Waals surface area contributed by atoms with Gasteiger partial charge in [0.1, 0.15) is 0 Å². The molecule has 2 heterocycles. The second-order valence-corrected chi connectivity index (χ2v) is 2.26. The van der Waals surface area contributed by atoms with Crippen molar-refractivity contribution in [1.29, 1.82) is 5.53 Å². The molecular formula is C4H8N8O. The summed E-state index contributed by atoms with van der Waals surface area (Å²) < 4.78 is 5.92. The summed E-state index contributed by atoms with van der Waals surface area (Å²) in [5.41, 5.74) is 10.3. The summed E-state index contributed by atoms with van der Waals surface area (Å²) in [6.07, 6.45) is 1.54. The molecule has 0 bridgehead atoms. The van der Waals surface area contributed by atoms with Gasteiger partial charge in [0.15, 0.2) is 11.3 Å². The molecule has 13 heavy (non-hydrogen) atoms. The van der Waals surface area contributed by atoms with Gasteiger partial charge >= 0.3 is 0 Å². The molecule has 2 aliphatic rings. The number of anilines is 1. The van der Waals surface area contributed by atoms with E-state index >= 15 is 0 Å². The van der Waals surface area contributed by atoms with Crippen molar-refractivity contribution in [2.45, 2.75) is 0 Å². The van der Waals surface area contributed by atoms with E-state index in [0.29, 0.717) is 16.8 Å². The molecular weight excluding hydrogens is 176 g/mol. The lowest BCUT2D eigenvalue weighted by atomic mass is 10.6. The molecule has 0 unspecified atom stereocenters. The first-order chi connectivity index (χ1) is 6.36. The van der Waals surface area contributed by atoms with E-state index in [0.717, 1.165) is 0 Å². The average Bonchev–Trinajstić information content (AvgIpc) is 2.63. The van der Waals surface area contributed by atoms with Crippen LogP contribution in [0.15, 0.2) is 16.0 Å². The first-order valence-electron chi connectivity index (χ1n) is 3.40. The van der Waals surface area contributed by atoms with Crippen LogP contribution in [0.1, 0.15) is 0 Å². The number of nitrogen functional groups attached to an aromatic ring is 1. The summed E-state index contributed by atoms with van der Waals surface area (Å²) >= 11 is 0. The molecule has 0 saturated carbocycles. The summed E-state index contributed by atoms with van der Waals surface area (Å²) in [5.74, 6) is 5.62. The van der Waals surface area contributed by atoms with Crippen molar-refractivity contribution in [3.05, 3.63) is 17.2 Å². The van der Waals surface area contributed by atoms with Gasteiger partial charge < -0.3 is 10.4 Å². The molecule has 9 nitrogen and oxygen atoms in total. The third-order valence-electron chi connectivity index (χ3n) is 1.58. The fourth-order valence-electron chi connectivity index (χ4n) is 1.00. The molecule has 0 radical (unpaired) electrons. The maximum atomic E-state index is 6.91. The standard InChI is InChI=1S/C4H8N8O/c5-8-2-1-7-3-4(10-13-9-3)12(2)11-6/h1,6-10H,5H2. The maximum Gasteiger partial charge on any atom is 0.211 e. The van der Waals surface area contributed by atoms with Gasteiger partial charge in [-0.3, -0.25) is 4.63 Å². The SMILES string of the molecule is N=Nn1c(NN)c[nH]c2[nH]o[nH]c1=2. The summed E-state index contributed by atoms with van der Waals surface area (Å²) in [5, 5.41) is 8.27. The molecule has 9 heteroatoms. The monoisotopic (exact) mass is 184 g/mol. The van der Waals surface area contributed by atoms with E-state index in [4.69, 9.17) is 16.0 Å². The van der Waals surface area contributed by atoms with E-state index in [-0.39, 0.29) is 0 Å². The summed E-state index contributed by atoms with van der Waals surface area (Å²) in [6, 6.07) is 0. The highest BCUT2D eigenvalue weighted by Crippen LogP contribution is 2.04. The Morgan fingerprint density at radius 3 is 3.15 bits per heavy atom. The minimum Gasteiger partial charge on any atom is -0.339 e. The fourth-order valence-corrected chi connectivity index (χ4v) is 1.00. The molecule has 2 aliphatic heterocycles. The Morgan fingerprint density at radius 2 is 2.46 bits per heavy atom. The number of nitrogens with one attached hydrogen (secondary N) is 5. The van der Waals surface area contributed by atoms with Gasteiger partial charge in [-0.15, -0.1) is 0 Å². The van der Waals surface area contributed by atoms with Crippen LogP contribution in [-0.4, -0.2) is 20.0 Å². The van der Waals surface area contributed by atoms with Gasteiger partial charge in [-0.05, 0) is 0 Å². The Balaban J connectivity index is 2.89. The number of nitrogens with zero attached hydrogens (tertiary/aromatic N) is 2. The van der Waals surface area contributed by atoms with Crippen LogP contribution in [0, 0.1) is 16.5 Å². The van der Waals surface area contributed by atoms with Crippen molar-refractivity contribution in [2.24, 2.45) is 11.1 Å². The zero-order chi connectivity index (χ0) is 9.26. The Kier molecular flexibility index (Phi) is 1.56. The number of H-pyrrole nitrogens is 3. The third-order valence-corrected chi connectivity index (χ3v) is 1.58. The second-order valence-electron chi connectivity index (χ2n) is 2.26. The topological polar surface area (TPSA) is 140 Å². The van der Waals surface area contributed by atoms with Gasteiger partial charge in [0.2, 0.25) is 5.48 Å². The number of hydrazine groups is 1. The van der Waals surface area contributed by atoms with E-state index in [2.05, 4.69) is 25.9 Å². The Bertz CT molecular complexity index is 490. The predicted octanol–water partition coefficient (Wildman–Crippen LogP) is -0.00575. The normalized spacial score (nSPS) is 10.2. The average molecular weight is 184 g/mol. The summed E-state index contributed by atoms with van der Waals surface area (Å²) in [4.78, 5) is 2.84. The van der Waals surface area contributed by atoms with Gasteiger partial charge in [-0.1, -0.05) is 5.22 Å². The molecule has 70 valence electrons. The Morgan fingerprint density at radius 1 is 1.62 bits per heavy atom. The van der Waals surface area contributed by atoms with Gasteiger partial charge in [0.05, 0.1) is 0 Å². The van der Waals surface area contributed by atoms with Crippen molar-refractivity contribution in [3.63, 3.8) is 0 Å². The van der Waals surface area contributed by atoms with Crippen molar-refractivity contribution >= 4 is 5.82 Å². The zero-order valence-corrected chi connectivity index (χ0v) is 6.46.